The van der Waals surface area contributed by atoms with Gasteiger partial charge in [0, 0.05) is 11.5 Å². The van der Waals surface area contributed by atoms with Gasteiger partial charge in [-0.05, 0) is 62.5 Å². The van der Waals surface area contributed by atoms with Gasteiger partial charge in [0.25, 0.3) is 0 Å². The number of hydrogen-bond acceptors (Lipinski definition) is 3. The predicted molar refractivity (Wildman–Crippen MR) is 105 cm³/mol. The molecular formula is C23H29NO2. The fraction of sp³-hybridized carbons (Fsp3) is 0.478. The van der Waals surface area contributed by atoms with Gasteiger partial charge in [0.2, 0.25) is 0 Å². The first-order valence-electron chi connectivity index (χ1n) is 9.94. The zero-order valence-electron chi connectivity index (χ0n) is 15.9. The van der Waals surface area contributed by atoms with Crippen LogP contribution in [0.4, 0.5) is 0 Å². The molecule has 0 aromatic heterocycles. The molecule has 2 aromatic rings. The lowest BCUT2D eigenvalue weighted by atomic mass is 9.81. The number of fused-ring (bicyclic) bond motifs is 3. The zero-order chi connectivity index (χ0) is 17.9. The number of hydrogen-bond donors (Lipinski definition) is 0. The Bertz CT molecular complexity index is 741. The number of likely N-dealkylation sites (tertiary alicyclic amines) is 1. The van der Waals surface area contributed by atoms with E-state index in [1.54, 1.807) is 0 Å². The molecule has 2 aliphatic rings. The Hall–Kier alpha value is -2.00. The molecule has 0 N–H and O–H groups in total. The molecule has 1 fully saturated rings. The van der Waals surface area contributed by atoms with Crippen LogP contribution in [0.5, 0.6) is 11.5 Å². The Labute approximate surface area is 156 Å². The molecule has 3 nitrogen and oxygen atoms in total. The maximum Gasteiger partial charge on any atom is 0.127 e. The number of aryl methyl sites for hydroxylation is 1. The van der Waals surface area contributed by atoms with Crippen LogP contribution in [0.2, 0.25) is 0 Å². The minimum Gasteiger partial charge on any atom is -0.491 e. The van der Waals surface area contributed by atoms with Gasteiger partial charge in [-0.15, -0.1) is 0 Å². The maximum atomic E-state index is 6.32. The molecule has 2 aliphatic heterocycles. The number of benzene rings is 2. The molecule has 0 unspecified atom stereocenters. The van der Waals surface area contributed by atoms with Gasteiger partial charge in [-0.3, -0.25) is 4.90 Å². The van der Waals surface area contributed by atoms with Crippen LogP contribution in [0.3, 0.4) is 0 Å². The monoisotopic (exact) mass is 351 g/mol. The molecule has 26 heavy (non-hydrogen) atoms. The highest BCUT2D eigenvalue weighted by Crippen LogP contribution is 2.46. The Morgan fingerprint density at radius 1 is 1.19 bits per heavy atom. The van der Waals surface area contributed by atoms with E-state index in [-0.39, 0.29) is 0 Å². The van der Waals surface area contributed by atoms with E-state index in [1.165, 1.54) is 42.5 Å². The Morgan fingerprint density at radius 2 is 2.04 bits per heavy atom. The third-order valence-corrected chi connectivity index (χ3v) is 5.67. The molecule has 0 aliphatic carbocycles. The molecule has 0 saturated carbocycles. The van der Waals surface area contributed by atoms with Crippen molar-refractivity contribution in [2.24, 2.45) is 0 Å². The Kier molecular flexibility index (Phi) is 5.16. The molecular weight excluding hydrogens is 322 g/mol. The fourth-order valence-electron chi connectivity index (χ4n) is 4.50. The van der Waals surface area contributed by atoms with Gasteiger partial charge >= 0.3 is 0 Å². The third-order valence-electron chi connectivity index (χ3n) is 5.67. The summed E-state index contributed by atoms with van der Waals surface area (Å²) in [5.41, 5.74) is 3.70. The van der Waals surface area contributed by atoms with E-state index in [4.69, 9.17) is 9.47 Å². The van der Waals surface area contributed by atoms with Crippen molar-refractivity contribution in [1.29, 1.82) is 0 Å². The lowest BCUT2D eigenvalue weighted by Gasteiger charge is -2.45. The first-order chi connectivity index (χ1) is 12.8. The molecule has 0 amide bonds. The molecule has 4 rings (SSSR count). The average Bonchev–Trinajstić information content (AvgIpc) is 2.67. The van der Waals surface area contributed by atoms with Crippen molar-refractivity contribution in [1.82, 2.24) is 4.90 Å². The van der Waals surface area contributed by atoms with Gasteiger partial charge < -0.3 is 9.47 Å². The lowest BCUT2D eigenvalue weighted by molar-refractivity contribution is 0.0640. The minimum absolute atomic E-state index is 0.484. The van der Waals surface area contributed by atoms with Gasteiger partial charge in [0.05, 0.1) is 6.04 Å². The van der Waals surface area contributed by atoms with Crippen LogP contribution < -0.4 is 9.47 Å². The normalized spacial score (nSPS) is 22.2. The summed E-state index contributed by atoms with van der Waals surface area (Å²) in [5.74, 6) is 2.56. The highest BCUT2D eigenvalue weighted by Gasteiger charge is 2.39. The van der Waals surface area contributed by atoms with Crippen LogP contribution in [0, 0.1) is 6.92 Å². The van der Waals surface area contributed by atoms with Crippen molar-refractivity contribution >= 4 is 0 Å². The number of ether oxygens (including phenoxy) is 2. The van der Waals surface area contributed by atoms with E-state index >= 15 is 0 Å². The van der Waals surface area contributed by atoms with Crippen LogP contribution in [0.1, 0.15) is 48.8 Å². The smallest absolute Gasteiger partial charge is 0.127 e. The van der Waals surface area contributed by atoms with Gasteiger partial charge in [-0.25, -0.2) is 0 Å². The van der Waals surface area contributed by atoms with Gasteiger partial charge in [0.1, 0.15) is 24.7 Å². The molecule has 2 aromatic carbocycles. The first kappa shape index (κ1) is 17.4. The summed E-state index contributed by atoms with van der Waals surface area (Å²) < 4.78 is 12.5. The van der Waals surface area contributed by atoms with Crippen molar-refractivity contribution < 1.29 is 9.47 Å². The van der Waals surface area contributed by atoms with E-state index in [0.717, 1.165) is 24.7 Å². The SMILES string of the molecule is CCCN1CCC[C@H]2c3c(OCc4ccccc4)cc(C)cc3OC[C@@H]21. The summed E-state index contributed by atoms with van der Waals surface area (Å²) in [5, 5.41) is 0. The summed E-state index contributed by atoms with van der Waals surface area (Å²) in [4.78, 5) is 2.62. The van der Waals surface area contributed by atoms with E-state index in [2.05, 4.69) is 55.1 Å². The largest absolute Gasteiger partial charge is 0.491 e. The van der Waals surface area contributed by atoms with Gasteiger partial charge in [-0.1, -0.05) is 37.3 Å². The maximum absolute atomic E-state index is 6.32. The van der Waals surface area contributed by atoms with Crippen molar-refractivity contribution in [3.63, 3.8) is 0 Å². The molecule has 0 radical (unpaired) electrons. The second-order valence-electron chi connectivity index (χ2n) is 7.61. The van der Waals surface area contributed by atoms with E-state index in [0.29, 0.717) is 18.6 Å². The summed E-state index contributed by atoms with van der Waals surface area (Å²) in [6.45, 7) is 8.14. The van der Waals surface area contributed by atoms with Crippen LogP contribution >= 0.6 is 0 Å². The predicted octanol–water partition coefficient (Wildman–Crippen LogP) is 4.92. The number of piperidine rings is 1. The van der Waals surface area contributed by atoms with E-state index < -0.39 is 0 Å². The summed E-state index contributed by atoms with van der Waals surface area (Å²) in [6.07, 6.45) is 3.68. The van der Waals surface area contributed by atoms with Crippen LogP contribution in [-0.4, -0.2) is 30.6 Å². The fourth-order valence-corrected chi connectivity index (χ4v) is 4.50. The Balaban J connectivity index is 1.63. The average molecular weight is 351 g/mol. The molecule has 0 bridgehead atoms. The van der Waals surface area contributed by atoms with Crippen LogP contribution in [0.15, 0.2) is 42.5 Å². The van der Waals surface area contributed by atoms with Crippen molar-refractivity contribution in [2.75, 3.05) is 19.7 Å². The van der Waals surface area contributed by atoms with Crippen LogP contribution in [-0.2, 0) is 6.61 Å². The summed E-state index contributed by atoms with van der Waals surface area (Å²) >= 11 is 0. The molecule has 3 heteroatoms. The van der Waals surface area contributed by atoms with E-state index in [9.17, 15) is 0 Å². The third kappa shape index (κ3) is 3.45. The van der Waals surface area contributed by atoms with Crippen molar-refractivity contribution in [3.8, 4) is 11.5 Å². The minimum atomic E-state index is 0.484. The van der Waals surface area contributed by atoms with Gasteiger partial charge in [-0.2, -0.15) is 0 Å². The second-order valence-corrected chi connectivity index (χ2v) is 7.61. The number of nitrogens with zero attached hydrogens (tertiary/aromatic N) is 1. The highest BCUT2D eigenvalue weighted by molar-refractivity contribution is 5.52. The Morgan fingerprint density at radius 3 is 2.85 bits per heavy atom. The molecule has 2 heterocycles. The van der Waals surface area contributed by atoms with E-state index in [1.807, 2.05) is 6.07 Å². The van der Waals surface area contributed by atoms with Crippen molar-refractivity contribution in [2.45, 2.75) is 51.7 Å². The summed E-state index contributed by atoms with van der Waals surface area (Å²) in [6, 6.07) is 15.3. The second kappa shape index (κ2) is 7.71. The van der Waals surface area contributed by atoms with Crippen LogP contribution in [0.25, 0.3) is 0 Å². The van der Waals surface area contributed by atoms with Crippen molar-refractivity contribution in [3.05, 3.63) is 59.2 Å². The zero-order valence-corrected chi connectivity index (χ0v) is 15.9. The standard InChI is InChI=1S/C23H29NO2/c1-3-11-24-12-7-10-19-20(24)16-26-22-14-17(2)13-21(23(19)22)25-15-18-8-5-4-6-9-18/h4-6,8-9,13-14,19-20H,3,7,10-12,15-16H2,1-2H3/t19-,20+/m1/s1. The summed E-state index contributed by atoms with van der Waals surface area (Å²) in [7, 11) is 0. The molecule has 138 valence electrons. The lowest BCUT2D eigenvalue weighted by Crippen LogP contribution is -2.49. The molecule has 1 saturated heterocycles. The van der Waals surface area contributed by atoms with Gasteiger partial charge in [0.15, 0.2) is 0 Å². The molecule has 2 atom stereocenters. The highest BCUT2D eigenvalue weighted by atomic mass is 16.5. The first-order valence-corrected chi connectivity index (χ1v) is 9.94. The molecule has 0 spiro atoms. The topological polar surface area (TPSA) is 21.7 Å². The number of rotatable bonds is 5. The quantitative estimate of drug-likeness (QED) is 0.763.